The van der Waals surface area contributed by atoms with E-state index in [2.05, 4.69) is 20.7 Å². The molecule has 0 aliphatic rings. The maximum atomic E-state index is 12.4. The molecule has 0 spiro atoms. The van der Waals surface area contributed by atoms with Crippen LogP contribution < -0.4 is 4.72 Å². The predicted molar refractivity (Wildman–Crippen MR) is 84.9 cm³/mol. The third-order valence-electron chi connectivity index (χ3n) is 2.58. The summed E-state index contributed by atoms with van der Waals surface area (Å²) in [5.74, 6) is 0. The molecule has 0 radical (unpaired) electrons. The number of aliphatic hydroxyl groups is 1. The van der Waals surface area contributed by atoms with Crippen LogP contribution >= 0.6 is 38.9 Å². The van der Waals surface area contributed by atoms with Crippen molar-refractivity contribution in [3.8, 4) is 0 Å². The number of anilines is 1. The van der Waals surface area contributed by atoms with Crippen LogP contribution in [0.3, 0.4) is 0 Å². The number of benzene rings is 1. The molecule has 0 saturated heterocycles. The van der Waals surface area contributed by atoms with Crippen molar-refractivity contribution < 1.29 is 13.5 Å². The van der Waals surface area contributed by atoms with Gasteiger partial charge in [0.25, 0.3) is 10.0 Å². The first-order valence-corrected chi connectivity index (χ1v) is 9.04. The van der Waals surface area contributed by atoms with Gasteiger partial charge in [-0.1, -0.05) is 27.5 Å². The van der Waals surface area contributed by atoms with Crippen molar-refractivity contribution in [1.29, 1.82) is 0 Å². The lowest BCUT2D eigenvalue weighted by Crippen LogP contribution is -2.15. The smallest absolute Gasteiger partial charge is 0.263 e. The van der Waals surface area contributed by atoms with E-state index in [4.69, 9.17) is 11.6 Å². The number of halogens is 2. The predicted octanol–water partition coefficient (Wildman–Crippen LogP) is 3.77. The first kappa shape index (κ1) is 15.8. The van der Waals surface area contributed by atoms with Crippen LogP contribution in [0.25, 0.3) is 0 Å². The molecule has 0 aliphatic carbocycles. The molecular formula is C12H11BrClNO3S2. The molecule has 0 atom stereocenters. The van der Waals surface area contributed by atoms with Gasteiger partial charge in [-0.05, 0) is 36.1 Å². The second kappa shape index (κ2) is 6.03. The van der Waals surface area contributed by atoms with Gasteiger partial charge in [-0.3, -0.25) is 4.72 Å². The fraction of sp³-hybridized carbons (Fsp3) is 0.167. The van der Waals surface area contributed by atoms with E-state index in [9.17, 15) is 13.5 Å². The van der Waals surface area contributed by atoms with Gasteiger partial charge in [0.05, 0.1) is 22.2 Å². The largest absolute Gasteiger partial charge is 0.391 e. The Hall–Kier alpha value is -0.600. The molecule has 8 heteroatoms. The van der Waals surface area contributed by atoms with Gasteiger partial charge in [0, 0.05) is 4.47 Å². The molecule has 0 bridgehead atoms. The Labute approximate surface area is 134 Å². The van der Waals surface area contributed by atoms with E-state index in [1.807, 2.05) is 0 Å². The lowest BCUT2D eigenvalue weighted by Gasteiger charge is -2.11. The number of hydrogen-bond acceptors (Lipinski definition) is 4. The summed E-state index contributed by atoms with van der Waals surface area (Å²) in [5, 5.41) is 11.2. The maximum Gasteiger partial charge on any atom is 0.263 e. The number of sulfonamides is 1. The fourth-order valence-electron chi connectivity index (χ4n) is 1.73. The Morgan fingerprint density at radius 2 is 2.15 bits per heavy atom. The van der Waals surface area contributed by atoms with Crippen molar-refractivity contribution >= 4 is 54.6 Å². The number of nitrogens with one attached hydrogen (secondary N) is 1. The second-order valence-corrected chi connectivity index (χ2v) is 7.97. The first-order valence-electron chi connectivity index (χ1n) is 5.51. The monoisotopic (exact) mass is 395 g/mol. The van der Waals surface area contributed by atoms with E-state index in [1.54, 1.807) is 30.5 Å². The lowest BCUT2D eigenvalue weighted by molar-refractivity contribution is 0.282. The Bertz CT molecular complexity index is 743. The summed E-state index contributed by atoms with van der Waals surface area (Å²) in [7, 11) is -3.78. The summed E-state index contributed by atoms with van der Waals surface area (Å²) in [6.45, 7) is 1.37. The van der Waals surface area contributed by atoms with Crippen LogP contribution in [0.15, 0.2) is 32.9 Å². The summed E-state index contributed by atoms with van der Waals surface area (Å²) in [5.41, 5.74) is 0.893. The van der Waals surface area contributed by atoms with Crippen LogP contribution in [-0.4, -0.2) is 13.5 Å². The molecule has 2 aromatic rings. The average molecular weight is 397 g/mol. The molecule has 4 nitrogen and oxygen atoms in total. The molecule has 20 heavy (non-hydrogen) atoms. The van der Waals surface area contributed by atoms with Crippen molar-refractivity contribution in [1.82, 2.24) is 0 Å². The highest BCUT2D eigenvalue weighted by molar-refractivity contribution is 9.10. The molecular weight excluding hydrogens is 386 g/mol. The molecule has 2 rings (SSSR count). The van der Waals surface area contributed by atoms with Crippen molar-refractivity contribution in [2.45, 2.75) is 18.4 Å². The molecule has 2 N–H and O–H groups in total. The maximum absolute atomic E-state index is 12.4. The molecule has 0 amide bonds. The quantitative estimate of drug-likeness (QED) is 0.827. The second-order valence-electron chi connectivity index (χ2n) is 4.06. The molecule has 0 saturated carbocycles. The molecule has 1 aromatic heterocycles. The summed E-state index contributed by atoms with van der Waals surface area (Å²) >= 11 is 10.5. The first-order chi connectivity index (χ1) is 9.35. The molecule has 0 unspecified atom stereocenters. The molecule has 1 heterocycles. The number of rotatable bonds is 4. The third-order valence-corrected chi connectivity index (χ3v) is 6.20. The summed E-state index contributed by atoms with van der Waals surface area (Å²) in [4.78, 5) is 0.521. The summed E-state index contributed by atoms with van der Waals surface area (Å²) < 4.78 is 28.0. The zero-order chi connectivity index (χ0) is 14.9. The van der Waals surface area contributed by atoms with Gasteiger partial charge in [0.2, 0.25) is 0 Å². The van der Waals surface area contributed by atoms with Crippen molar-refractivity contribution in [3.63, 3.8) is 0 Å². The Balaban J connectivity index is 2.43. The fourth-order valence-corrected chi connectivity index (χ4v) is 5.25. The van der Waals surface area contributed by atoms with Gasteiger partial charge >= 0.3 is 0 Å². The van der Waals surface area contributed by atoms with E-state index < -0.39 is 10.0 Å². The van der Waals surface area contributed by atoms with Crippen LogP contribution in [0.4, 0.5) is 5.69 Å². The van der Waals surface area contributed by atoms with E-state index in [-0.39, 0.29) is 11.5 Å². The van der Waals surface area contributed by atoms with Gasteiger partial charge in [0.15, 0.2) is 0 Å². The highest BCUT2D eigenvalue weighted by atomic mass is 79.9. The van der Waals surface area contributed by atoms with Crippen LogP contribution in [0.1, 0.15) is 10.4 Å². The van der Waals surface area contributed by atoms with Crippen LogP contribution in [-0.2, 0) is 16.6 Å². The third kappa shape index (κ3) is 3.17. The molecule has 0 fully saturated rings. The van der Waals surface area contributed by atoms with Crippen molar-refractivity contribution in [2.75, 3.05) is 4.72 Å². The van der Waals surface area contributed by atoms with Gasteiger partial charge in [-0.15, -0.1) is 11.3 Å². The molecule has 1 aromatic carbocycles. The highest BCUT2D eigenvalue weighted by Crippen LogP contribution is 2.31. The normalized spacial score (nSPS) is 11.6. The number of aliphatic hydroxyl groups excluding tert-OH is 1. The Kier molecular flexibility index (Phi) is 4.76. The summed E-state index contributed by atoms with van der Waals surface area (Å²) in [6, 6.07) is 4.87. The minimum Gasteiger partial charge on any atom is -0.391 e. The van der Waals surface area contributed by atoms with Crippen LogP contribution in [0.5, 0.6) is 0 Å². The van der Waals surface area contributed by atoms with Gasteiger partial charge in [-0.25, -0.2) is 8.42 Å². The molecule has 0 aliphatic heterocycles. The number of aryl methyl sites for hydroxylation is 1. The number of thiophene rings is 1. The van der Waals surface area contributed by atoms with E-state index in [1.165, 1.54) is 11.3 Å². The summed E-state index contributed by atoms with van der Waals surface area (Å²) in [6.07, 6.45) is 0. The van der Waals surface area contributed by atoms with Gasteiger partial charge < -0.3 is 5.11 Å². The van der Waals surface area contributed by atoms with Gasteiger partial charge in [0.1, 0.15) is 4.90 Å². The van der Waals surface area contributed by atoms with E-state index >= 15 is 0 Å². The standard InChI is InChI=1S/C12H11BrClNO3S2/c1-7-6-19-11(5-16)12(7)20(17,18)15-10-3-2-8(13)4-9(10)14/h2-4,6,15-16H,5H2,1H3. The molecule has 108 valence electrons. The van der Waals surface area contributed by atoms with E-state index in [0.29, 0.717) is 21.2 Å². The van der Waals surface area contributed by atoms with E-state index in [0.717, 1.165) is 4.47 Å². The highest BCUT2D eigenvalue weighted by Gasteiger charge is 2.23. The van der Waals surface area contributed by atoms with Crippen LogP contribution in [0, 0.1) is 6.92 Å². The SMILES string of the molecule is Cc1csc(CO)c1S(=O)(=O)Nc1ccc(Br)cc1Cl. The minimum atomic E-state index is -3.78. The number of hydrogen-bond donors (Lipinski definition) is 2. The lowest BCUT2D eigenvalue weighted by atomic mass is 10.3. The van der Waals surface area contributed by atoms with Gasteiger partial charge in [-0.2, -0.15) is 0 Å². The minimum absolute atomic E-state index is 0.115. The topological polar surface area (TPSA) is 66.4 Å². The Morgan fingerprint density at radius 3 is 2.75 bits per heavy atom. The van der Waals surface area contributed by atoms with Crippen LogP contribution in [0.2, 0.25) is 5.02 Å². The average Bonchev–Trinajstić information content (AvgIpc) is 2.75. The van der Waals surface area contributed by atoms with Crippen molar-refractivity contribution in [2.24, 2.45) is 0 Å². The zero-order valence-electron chi connectivity index (χ0n) is 10.4. The zero-order valence-corrected chi connectivity index (χ0v) is 14.3. The Morgan fingerprint density at radius 1 is 1.45 bits per heavy atom. The van der Waals surface area contributed by atoms with Crippen molar-refractivity contribution in [3.05, 3.63) is 43.5 Å².